The van der Waals surface area contributed by atoms with E-state index in [1.54, 1.807) is 12.3 Å². The predicted molar refractivity (Wildman–Crippen MR) is 181 cm³/mol. The lowest BCUT2D eigenvalue weighted by Gasteiger charge is -2.18. The number of hydrogen-bond donors (Lipinski definition) is 0. The Morgan fingerprint density at radius 1 is 0.932 bits per heavy atom. The summed E-state index contributed by atoms with van der Waals surface area (Å²) in [5.74, 6) is 2.20. The Labute approximate surface area is 259 Å². The molecule has 0 aliphatic rings. The highest BCUT2D eigenvalue weighted by atomic mass is 16.5. The second-order valence-electron chi connectivity index (χ2n) is 11.5. The Bertz CT molecular complexity index is 1890. The number of aromatic nitrogens is 2. The van der Waals surface area contributed by atoms with Crippen LogP contribution in [0.4, 0.5) is 5.69 Å². The first-order valence-electron chi connectivity index (χ1n) is 15.0. The van der Waals surface area contributed by atoms with Gasteiger partial charge in [0.15, 0.2) is 5.82 Å². The smallest absolute Gasteiger partial charge is 0.282 e. The minimum atomic E-state index is -0.242. The predicted octanol–water partition coefficient (Wildman–Crippen LogP) is 7.73. The molecule has 5 aromatic rings. The zero-order valence-corrected chi connectivity index (χ0v) is 26.6. The van der Waals surface area contributed by atoms with Crippen molar-refractivity contribution in [3.63, 3.8) is 0 Å². The van der Waals surface area contributed by atoms with Crippen LogP contribution in [0.5, 0.6) is 11.5 Å². The van der Waals surface area contributed by atoms with Gasteiger partial charge in [-0.1, -0.05) is 55.8 Å². The van der Waals surface area contributed by atoms with Gasteiger partial charge in [0.2, 0.25) is 0 Å². The SMILES string of the molecule is CCOc1cc(C)c(-c2nc3ccccc3c(=O)n2N=Cc2ccc(N(C)C)cc2OCc2cccc(C)c2)cc1C(C)C. The van der Waals surface area contributed by atoms with Gasteiger partial charge < -0.3 is 14.4 Å². The number of ether oxygens (including phenoxy) is 2. The van der Waals surface area contributed by atoms with Crippen LogP contribution < -0.4 is 19.9 Å². The Balaban J connectivity index is 1.65. The van der Waals surface area contributed by atoms with Crippen molar-refractivity contribution in [2.75, 3.05) is 25.6 Å². The summed E-state index contributed by atoms with van der Waals surface area (Å²) in [6, 6.07) is 25.7. The van der Waals surface area contributed by atoms with E-state index in [2.05, 4.69) is 39.0 Å². The molecule has 0 saturated heterocycles. The molecule has 7 heteroatoms. The summed E-state index contributed by atoms with van der Waals surface area (Å²) in [6.07, 6.45) is 1.68. The van der Waals surface area contributed by atoms with Crippen molar-refractivity contribution in [1.82, 2.24) is 9.66 Å². The lowest BCUT2D eigenvalue weighted by atomic mass is 9.96. The number of aryl methyl sites for hydroxylation is 2. The first kappa shape index (κ1) is 30.5. The average Bonchev–Trinajstić information content (AvgIpc) is 3.00. The molecule has 5 rings (SSSR count). The van der Waals surface area contributed by atoms with E-state index in [0.717, 1.165) is 39.3 Å². The molecule has 1 aromatic heterocycles. The fraction of sp³-hybridized carbons (Fsp3) is 0.270. The zero-order chi connectivity index (χ0) is 31.4. The van der Waals surface area contributed by atoms with E-state index in [4.69, 9.17) is 19.6 Å². The van der Waals surface area contributed by atoms with Gasteiger partial charge in [-0.05, 0) is 79.8 Å². The standard InChI is InChI=1S/C37H40N4O3/c1-8-43-35-19-26(5)32(21-31(35)24(2)3)36-39-33-15-10-9-14-30(33)37(42)41(36)38-22-28-16-17-29(40(6)7)20-34(28)44-23-27-13-11-12-25(4)18-27/h9-22,24H,8,23H2,1-7H3. The fourth-order valence-corrected chi connectivity index (χ4v) is 5.19. The molecule has 0 spiro atoms. The van der Waals surface area contributed by atoms with Crippen molar-refractivity contribution >= 4 is 22.8 Å². The monoisotopic (exact) mass is 588 g/mol. The minimum Gasteiger partial charge on any atom is -0.494 e. The maximum Gasteiger partial charge on any atom is 0.282 e. The lowest BCUT2D eigenvalue weighted by molar-refractivity contribution is 0.306. The van der Waals surface area contributed by atoms with E-state index in [-0.39, 0.29) is 11.5 Å². The van der Waals surface area contributed by atoms with Crippen molar-refractivity contribution < 1.29 is 9.47 Å². The number of rotatable bonds is 10. The average molecular weight is 589 g/mol. The number of para-hydroxylation sites is 1. The van der Waals surface area contributed by atoms with Crippen LogP contribution in [-0.4, -0.2) is 36.6 Å². The van der Waals surface area contributed by atoms with E-state index < -0.39 is 0 Å². The van der Waals surface area contributed by atoms with E-state index in [9.17, 15) is 4.79 Å². The maximum absolute atomic E-state index is 14.0. The van der Waals surface area contributed by atoms with Crippen LogP contribution >= 0.6 is 0 Å². The molecule has 0 aliphatic carbocycles. The van der Waals surface area contributed by atoms with Crippen LogP contribution in [-0.2, 0) is 6.61 Å². The Morgan fingerprint density at radius 2 is 1.73 bits per heavy atom. The first-order chi connectivity index (χ1) is 21.2. The molecular weight excluding hydrogens is 548 g/mol. The van der Waals surface area contributed by atoms with E-state index >= 15 is 0 Å². The third kappa shape index (κ3) is 6.52. The number of nitrogens with zero attached hydrogens (tertiary/aromatic N) is 4. The summed E-state index contributed by atoms with van der Waals surface area (Å²) in [6.45, 7) is 11.3. The number of anilines is 1. The Morgan fingerprint density at radius 3 is 2.45 bits per heavy atom. The van der Waals surface area contributed by atoms with Crippen molar-refractivity contribution in [2.24, 2.45) is 5.10 Å². The molecule has 226 valence electrons. The molecule has 4 aromatic carbocycles. The number of fused-ring (bicyclic) bond motifs is 1. The van der Waals surface area contributed by atoms with Crippen LogP contribution in [0.3, 0.4) is 0 Å². The first-order valence-corrected chi connectivity index (χ1v) is 15.0. The summed E-state index contributed by atoms with van der Waals surface area (Å²) in [5, 5.41) is 5.27. The molecule has 0 bridgehead atoms. The molecule has 0 radical (unpaired) electrons. The van der Waals surface area contributed by atoms with E-state index in [1.807, 2.05) is 87.4 Å². The van der Waals surface area contributed by atoms with E-state index in [1.165, 1.54) is 10.2 Å². The topological polar surface area (TPSA) is 69.0 Å². The van der Waals surface area contributed by atoms with Gasteiger partial charge in [0, 0.05) is 37.0 Å². The van der Waals surface area contributed by atoms with Crippen LogP contribution in [0.15, 0.2) is 88.8 Å². The highest BCUT2D eigenvalue weighted by molar-refractivity contribution is 5.85. The molecule has 0 N–H and O–H groups in total. The molecule has 0 unspecified atom stereocenters. The zero-order valence-electron chi connectivity index (χ0n) is 26.6. The summed E-state index contributed by atoms with van der Waals surface area (Å²) in [5.41, 5.74) is 7.21. The Hall–Kier alpha value is -4.91. The molecule has 7 nitrogen and oxygen atoms in total. The molecule has 0 atom stereocenters. The lowest BCUT2D eigenvalue weighted by Crippen LogP contribution is -2.21. The molecule has 0 amide bonds. The summed E-state index contributed by atoms with van der Waals surface area (Å²) >= 11 is 0. The van der Waals surface area contributed by atoms with Gasteiger partial charge in [0.05, 0.1) is 23.7 Å². The molecule has 0 fully saturated rings. The van der Waals surface area contributed by atoms with Crippen LogP contribution in [0.25, 0.3) is 22.3 Å². The van der Waals surface area contributed by atoms with Crippen molar-refractivity contribution in [3.05, 3.63) is 117 Å². The second kappa shape index (κ2) is 13.2. The van der Waals surface area contributed by atoms with Gasteiger partial charge in [-0.3, -0.25) is 4.79 Å². The van der Waals surface area contributed by atoms with Crippen LogP contribution in [0.1, 0.15) is 54.5 Å². The summed E-state index contributed by atoms with van der Waals surface area (Å²) in [4.78, 5) is 21.0. The van der Waals surface area contributed by atoms with E-state index in [0.29, 0.717) is 35.7 Å². The third-order valence-corrected chi connectivity index (χ3v) is 7.58. The highest BCUT2D eigenvalue weighted by Crippen LogP contribution is 2.34. The second-order valence-corrected chi connectivity index (χ2v) is 11.5. The van der Waals surface area contributed by atoms with Gasteiger partial charge in [-0.15, -0.1) is 0 Å². The van der Waals surface area contributed by atoms with Crippen LogP contribution in [0, 0.1) is 13.8 Å². The molecular formula is C37H40N4O3. The molecule has 0 saturated carbocycles. The van der Waals surface area contributed by atoms with Gasteiger partial charge in [-0.2, -0.15) is 9.78 Å². The molecule has 1 heterocycles. The molecule has 0 aliphatic heterocycles. The summed E-state index contributed by atoms with van der Waals surface area (Å²) in [7, 11) is 3.98. The number of benzene rings is 4. The Kier molecular flexibility index (Phi) is 9.14. The van der Waals surface area contributed by atoms with Gasteiger partial charge in [-0.25, -0.2) is 4.98 Å². The fourth-order valence-electron chi connectivity index (χ4n) is 5.19. The highest BCUT2D eigenvalue weighted by Gasteiger charge is 2.19. The van der Waals surface area contributed by atoms with Crippen molar-refractivity contribution in [3.8, 4) is 22.9 Å². The van der Waals surface area contributed by atoms with Crippen molar-refractivity contribution in [2.45, 2.75) is 47.1 Å². The quantitative estimate of drug-likeness (QED) is 0.156. The van der Waals surface area contributed by atoms with Crippen molar-refractivity contribution in [1.29, 1.82) is 0 Å². The van der Waals surface area contributed by atoms with Gasteiger partial charge in [0.25, 0.3) is 5.56 Å². The minimum absolute atomic E-state index is 0.211. The van der Waals surface area contributed by atoms with Gasteiger partial charge in [0.1, 0.15) is 18.1 Å². The van der Waals surface area contributed by atoms with Crippen LogP contribution in [0.2, 0.25) is 0 Å². The number of hydrogen-bond acceptors (Lipinski definition) is 6. The maximum atomic E-state index is 14.0. The van der Waals surface area contributed by atoms with Gasteiger partial charge >= 0.3 is 0 Å². The third-order valence-electron chi connectivity index (χ3n) is 7.58. The molecule has 44 heavy (non-hydrogen) atoms. The summed E-state index contributed by atoms with van der Waals surface area (Å²) < 4.78 is 13.7. The largest absolute Gasteiger partial charge is 0.494 e. The normalized spacial score (nSPS) is 11.5.